The van der Waals surface area contributed by atoms with Crippen LogP contribution in [0.2, 0.25) is 0 Å². The van der Waals surface area contributed by atoms with E-state index >= 15 is 0 Å². The van der Waals surface area contributed by atoms with Crippen molar-refractivity contribution in [2.45, 2.75) is 17.4 Å². The predicted octanol–water partition coefficient (Wildman–Crippen LogP) is 1.79. The Labute approximate surface area is 181 Å². The van der Waals surface area contributed by atoms with E-state index in [4.69, 9.17) is 9.47 Å². The highest BCUT2D eigenvalue weighted by atomic mass is 32.2. The van der Waals surface area contributed by atoms with Gasteiger partial charge in [-0.25, -0.2) is 17.5 Å². The molecule has 0 spiro atoms. The van der Waals surface area contributed by atoms with Crippen LogP contribution in [-0.4, -0.2) is 63.9 Å². The molecule has 1 N–H and O–H groups in total. The maximum absolute atomic E-state index is 12.9. The Hall–Kier alpha value is -3.11. The van der Waals surface area contributed by atoms with Gasteiger partial charge in [0.1, 0.15) is 23.6 Å². The Balaban J connectivity index is 1.63. The largest absolute Gasteiger partial charge is 0.497 e. The normalized spacial score (nSPS) is 18.9. The molecule has 9 nitrogen and oxygen atoms in total. The van der Waals surface area contributed by atoms with Crippen molar-refractivity contribution in [1.29, 1.82) is 0 Å². The average molecular weight is 448 g/mol. The van der Waals surface area contributed by atoms with E-state index < -0.39 is 21.6 Å². The van der Waals surface area contributed by atoms with Crippen molar-refractivity contribution in [2.75, 3.05) is 34.4 Å². The summed E-state index contributed by atoms with van der Waals surface area (Å²) < 4.78 is 36.1. The molecule has 3 rings (SSSR count). The third kappa shape index (κ3) is 4.35. The van der Waals surface area contributed by atoms with E-state index in [9.17, 15) is 18.0 Å². The Morgan fingerprint density at radius 1 is 1.00 bits per heavy atom. The van der Waals surface area contributed by atoms with Crippen LogP contribution < -0.4 is 14.8 Å². The van der Waals surface area contributed by atoms with E-state index in [2.05, 4.69) is 5.32 Å². The summed E-state index contributed by atoms with van der Waals surface area (Å²) >= 11 is 0. The third-order valence-corrected chi connectivity index (χ3v) is 6.96. The molecular formula is C21H25N3O6S. The molecule has 1 aliphatic heterocycles. The van der Waals surface area contributed by atoms with Crippen LogP contribution in [0.15, 0.2) is 53.4 Å². The topological polar surface area (TPSA) is 105 Å². The summed E-state index contributed by atoms with van der Waals surface area (Å²) in [6.45, 7) is 1.77. The monoisotopic (exact) mass is 447 g/mol. The van der Waals surface area contributed by atoms with Gasteiger partial charge in [-0.05, 0) is 48.9 Å². The number of urea groups is 1. The molecule has 0 bridgehead atoms. The smallest absolute Gasteiger partial charge is 0.325 e. The van der Waals surface area contributed by atoms with Gasteiger partial charge < -0.3 is 14.8 Å². The average Bonchev–Trinajstić information content (AvgIpc) is 2.98. The highest BCUT2D eigenvalue weighted by Crippen LogP contribution is 2.30. The van der Waals surface area contributed by atoms with E-state index in [1.165, 1.54) is 38.4 Å². The highest BCUT2D eigenvalue weighted by molar-refractivity contribution is 7.89. The molecule has 1 aliphatic rings. The lowest BCUT2D eigenvalue weighted by Crippen LogP contribution is -2.41. The second-order valence-electron chi connectivity index (χ2n) is 7.35. The quantitative estimate of drug-likeness (QED) is 0.619. The number of hydrogen-bond acceptors (Lipinski definition) is 6. The Morgan fingerprint density at radius 2 is 1.58 bits per heavy atom. The summed E-state index contributed by atoms with van der Waals surface area (Å²) in [6, 6.07) is 12.4. The van der Waals surface area contributed by atoms with Gasteiger partial charge in [0.2, 0.25) is 10.0 Å². The van der Waals surface area contributed by atoms with E-state index in [1.54, 1.807) is 38.3 Å². The molecule has 0 aliphatic carbocycles. The summed E-state index contributed by atoms with van der Waals surface area (Å²) in [5, 5.41) is 2.74. The van der Waals surface area contributed by atoms with Gasteiger partial charge in [-0.2, -0.15) is 0 Å². The molecule has 0 radical (unpaired) electrons. The fourth-order valence-electron chi connectivity index (χ4n) is 3.19. The van der Waals surface area contributed by atoms with Crippen molar-refractivity contribution in [3.8, 4) is 11.5 Å². The van der Waals surface area contributed by atoms with E-state index in [0.29, 0.717) is 17.1 Å². The zero-order valence-electron chi connectivity index (χ0n) is 17.8. The fourth-order valence-corrected chi connectivity index (χ4v) is 4.10. The van der Waals surface area contributed by atoms with Crippen LogP contribution >= 0.6 is 0 Å². The van der Waals surface area contributed by atoms with Crippen LogP contribution in [0.25, 0.3) is 0 Å². The van der Waals surface area contributed by atoms with Gasteiger partial charge in [0.05, 0.1) is 18.6 Å². The van der Waals surface area contributed by atoms with Gasteiger partial charge in [-0.1, -0.05) is 12.1 Å². The number of rotatable bonds is 8. The molecule has 1 atom stereocenters. The lowest BCUT2D eigenvalue weighted by Gasteiger charge is -2.22. The molecule has 2 aromatic carbocycles. The molecule has 10 heteroatoms. The number of methoxy groups -OCH3 is 1. The Bertz CT molecular complexity index is 1070. The van der Waals surface area contributed by atoms with E-state index in [1.807, 2.05) is 0 Å². The van der Waals surface area contributed by atoms with Crippen LogP contribution in [0.1, 0.15) is 12.5 Å². The highest BCUT2D eigenvalue weighted by Gasteiger charge is 2.48. The van der Waals surface area contributed by atoms with E-state index in [-0.39, 0.29) is 24.0 Å². The number of nitrogens with zero attached hydrogens (tertiary/aromatic N) is 2. The molecule has 1 heterocycles. The van der Waals surface area contributed by atoms with Crippen molar-refractivity contribution >= 4 is 22.0 Å². The van der Waals surface area contributed by atoms with Gasteiger partial charge in [-0.3, -0.25) is 9.69 Å². The number of imide groups is 1. The Morgan fingerprint density at radius 3 is 2.13 bits per heavy atom. The van der Waals surface area contributed by atoms with Gasteiger partial charge >= 0.3 is 6.03 Å². The number of carbonyl (C=O) groups excluding carboxylic acids is 2. The minimum absolute atomic E-state index is 0.0498. The molecule has 0 saturated carbocycles. The van der Waals surface area contributed by atoms with Crippen molar-refractivity contribution in [1.82, 2.24) is 14.5 Å². The fraction of sp³-hybridized carbons (Fsp3) is 0.333. The SMILES string of the molecule is COc1ccc(C2(C)NC(=O)N(CCOc3ccc(S(=O)(=O)N(C)C)cc3)C2=O)cc1. The summed E-state index contributed by atoms with van der Waals surface area (Å²) in [5.41, 5.74) is -0.529. The molecule has 1 fully saturated rings. The Kier molecular flexibility index (Phi) is 6.23. The second-order valence-corrected chi connectivity index (χ2v) is 9.50. The van der Waals surface area contributed by atoms with Crippen LogP contribution in [-0.2, 0) is 20.4 Å². The minimum Gasteiger partial charge on any atom is -0.497 e. The van der Waals surface area contributed by atoms with Crippen molar-refractivity contribution in [3.05, 3.63) is 54.1 Å². The van der Waals surface area contributed by atoms with Crippen LogP contribution in [0.4, 0.5) is 4.79 Å². The molecule has 0 aromatic heterocycles. The van der Waals surface area contributed by atoms with Crippen molar-refractivity contribution < 1.29 is 27.5 Å². The number of sulfonamides is 1. The first kappa shape index (κ1) is 22.6. The standard InChI is InChI=1S/C21H25N3O6S/c1-21(15-5-7-16(29-4)8-6-15)19(25)24(20(26)22-21)13-14-30-17-9-11-18(12-10-17)31(27,28)23(2)3/h5-12H,13-14H2,1-4H3,(H,22,26). The number of benzene rings is 2. The minimum atomic E-state index is -3.52. The first-order valence-corrected chi connectivity index (χ1v) is 11.0. The zero-order chi connectivity index (χ0) is 22.8. The lowest BCUT2D eigenvalue weighted by molar-refractivity contribution is -0.131. The predicted molar refractivity (Wildman–Crippen MR) is 113 cm³/mol. The van der Waals surface area contributed by atoms with Crippen molar-refractivity contribution in [3.63, 3.8) is 0 Å². The molecule has 1 saturated heterocycles. The van der Waals surface area contributed by atoms with Gasteiger partial charge in [0, 0.05) is 14.1 Å². The maximum atomic E-state index is 12.9. The van der Waals surface area contributed by atoms with Crippen molar-refractivity contribution in [2.24, 2.45) is 0 Å². The van der Waals surface area contributed by atoms with Gasteiger partial charge in [-0.15, -0.1) is 0 Å². The number of nitrogens with one attached hydrogen (secondary N) is 1. The lowest BCUT2D eigenvalue weighted by atomic mass is 9.92. The molecule has 166 valence electrons. The van der Waals surface area contributed by atoms with Crippen LogP contribution in [0.3, 0.4) is 0 Å². The molecule has 1 unspecified atom stereocenters. The molecular weight excluding hydrogens is 422 g/mol. The molecule has 2 aromatic rings. The summed E-state index contributed by atoms with van der Waals surface area (Å²) in [5.74, 6) is 0.708. The summed E-state index contributed by atoms with van der Waals surface area (Å²) in [7, 11) is 0.942. The second kappa shape index (κ2) is 8.56. The first-order valence-electron chi connectivity index (χ1n) is 9.53. The van der Waals surface area contributed by atoms with Gasteiger partial charge in [0.25, 0.3) is 5.91 Å². The first-order chi connectivity index (χ1) is 14.6. The third-order valence-electron chi connectivity index (χ3n) is 5.13. The summed E-state index contributed by atoms with van der Waals surface area (Å²) in [6.07, 6.45) is 0. The molecule has 3 amide bonds. The van der Waals surface area contributed by atoms with E-state index in [0.717, 1.165) is 9.21 Å². The van der Waals surface area contributed by atoms with Crippen LogP contribution in [0.5, 0.6) is 11.5 Å². The molecule has 31 heavy (non-hydrogen) atoms. The van der Waals surface area contributed by atoms with Crippen LogP contribution in [0, 0.1) is 0 Å². The number of carbonyl (C=O) groups is 2. The number of amides is 3. The zero-order valence-corrected chi connectivity index (χ0v) is 18.6. The summed E-state index contributed by atoms with van der Waals surface area (Å²) in [4.78, 5) is 26.6. The van der Waals surface area contributed by atoms with Gasteiger partial charge in [0.15, 0.2) is 0 Å². The maximum Gasteiger partial charge on any atom is 0.325 e. The number of ether oxygens (including phenoxy) is 2. The number of hydrogen-bond donors (Lipinski definition) is 1.